The van der Waals surface area contributed by atoms with Crippen LogP contribution >= 0.6 is 11.8 Å². The Kier molecular flexibility index (Phi) is 2.47. The molecule has 0 saturated heterocycles. The lowest BCUT2D eigenvalue weighted by Crippen LogP contribution is -2.09. The number of hydrogen-bond donors (Lipinski definition) is 2. The highest BCUT2D eigenvalue weighted by molar-refractivity contribution is 7.98. The molecule has 0 aliphatic heterocycles. The number of nitrogen functional groups attached to an aromatic ring is 1. The number of rotatable bonds is 2. The molecule has 0 unspecified atom stereocenters. The second kappa shape index (κ2) is 3.38. The van der Waals surface area contributed by atoms with E-state index >= 15 is 0 Å². The summed E-state index contributed by atoms with van der Waals surface area (Å²) in [5.41, 5.74) is 2.47. The zero-order valence-electron chi connectivity index (χ0n) is 5.53. The van der Waals surface area contributed by atoms with Crippen LogP contribution in [-0.2, 0) is 0 Å². The van der Waals surface area contributed by atoms with Gasteiger partial charge in [0, 0.05) is 6.20 Å². The Labute approximate surface area is 63.2 Å². The van der Waals surface area contributed by atoms with E-state index in [1.807, 2.05) is 6.26 Å². The molecule has 0 radical (unpaired) electrons. The summed E-state index contributed by atoms with van der Waals surface area (Å²) in [7, 11) is 0. The fourth-order valence-electron chi connectivity index (χ4n) is 0.575. The number of hydrogen-bond acceptors (Lipinski definition) is 5. The van der Waals surface area contributed by atoms with E-state index in [0.717, 1.165) is 4.90 Å². The van der Waals surface area contributed by atoms with E-state index in [1.54, 1.807) is 18.0 Å². The third-order valence-electron chi connectivity index (χ3n) is 1.04. The fraction of sp³-hybridized carbons (Fsp3) is 0.200. The van der Waals surface area contributed by atoms with Crippen LogP contribution in [0, 0.1) is 0 Å². The minimum atomic E-state index is 0.669. The fourth-order valence-corrected chi connectivity index (χ4v) is 1.05. The summed E-state index contributed by atoms with van der Waals surface area (Å²) in [5.74, 6) is 5.84. The Morgan fingerprint density at radius 3 is 3.00 bits per heavy atom. The maximum absolute atomic E-state index is 5.17. The quantitative estimate of drug-likeness (QED) is 0.370. The molecule has 1 aromatic heterocycles. The second-order valence-corrected chi connectivity index (χ2v) is 2.43. The molecule has 0 atom stereocenters. The third kappa shape index (κ3) is 1.37. The molecule has 1 aromatic rings. The molecule has 1 heterocycles. The summed E-state index contributed by atoms with van der Waals surface area (Å²) >= 11 is 1.55. The van der Waals surface area contributed by atoms with Crippen LogP contribution in [0.1, 0.15) is 0 Å². The number of hydrazine groups is 1. The molecule has 0 aromatic carbocycles. The number of nitrogens with two attached hydrogens (primary N) is 1. The van der Waals surface area contributed by atoms with Gasteiger partial charge in [0.2, 0.25) is 0 Å². The van der Waals surface area contributed by atoms with Crippen LogP contribution in [0.15, 0.2) is 17.4 Å². The second-order valence-electron chi connectivity index (χ2n) is 1.58. The van der Waals surface area contributed by atoms with Gasteiger partial charge in [-0.3, -0.25) is 0 Å². The largest absolute Gasteiger partial charge is 0.307 e. The number of aromatic nitrogens is 2. The summed E-state index contributed by atoms with van der Waals surface area (Å²) in [4.78, 5) is 8.69. The summed E-state index contributed by atoms with van der Waals surface area (Å²) in [5, 5.41) is 0. The average Bonchev–Trinajstić information content (AvgIpc) is 2.04. The molecular weight excluding hydrogens is 148 g/mol. The maximum atomic E-state index is 5.17. The van der Waals surface area contributed by atoms with Gasteiger partial charge in [0.05, 0.1) is 4.90 Å². The average molecular weight is 156 g/mol. The van der Waals surface area contributed by atoms with Crippen molar-refractivity contribution in [1.82, 2.24) is 9.97 Å². The van der Waals surface area contributed by atoms with Crippen LogP contribution in [0.3, 0.4) is 0 Å². The van der Waals surface area contributed by atoms with Crippen LogP contribution in [0.25, 0.3) is 0 Å². The molecular formula is C5H8N4S. The minimum Gasteiger partial charge on any atom is -0.307 e. The highest BCUT2D eigenvalue weighted by atomic mass is 32.2. The zero-order valence-corrected chi connectivity index (χ0v) is 6.35. The van der Waals surface area contributed by atoms with Gasteiger partial charge in [-0.15, -0.1) is 11.8 Å². The summed E-state index contributed by atoms with van der Waals surface area (Å²) in [6, 6.07) is 0. The van der Waals surface area contributed by atoms with Crippen LogP contribution in [0.2, 0.25) is 0 Å². The molecule has 0 amide bonds. The predicted octanol–water partition coefficient (Wildman–Crippen LogP) is 0.484. The maximum Gasteiger partial charge on any atom is 0.157 e. The lowest BCUT2D eigenvalue weighted by Gasteiger charge is -2.01. The number of nitrogens with zero attached hydrogens (tertiary/aromatic N) is 2. The number of nitrogens with one attached hydrogen (secondary N) is 1. The molecule has 54 valence electrons. The Bertz CT molecular complexity index is 192. The van der Waals surface area contributed by atoms with Crippen molar-refractivity contribution in [2.24, 2.45) is 5.84 Å². The summed E-state index contributed by atoms with van der Waals surface area (Å²) in [6.45, 7) is 0. The van der Waals surface area contributed by atoms with Crippen LogP contribution < -0.4 is 11.3 Å². The molecule has 0 fully saturated rings. The molecule has 5 heteroatoms. The first-order chi connectivity index (χ1) is 4.88. The van der Waals surface area contributed by atoms with Gasteiger partial charge in [0.15, 0.2) is 5.82 Å². The molecule has 0 aliphatic rings. The Balaban J connectivity index is 2.96. The van der Waals surface area contributed by atoms with Crippen LogP contribution in [-0.4, -0.2) is 16.2 Å². The molecule has 0 bridgehead atoms. The standard InChI is InChI=1S/C5H8N4S/c1-10-4-2-7-3-8-5(4)9-6/h2-3H,6H2,1H3,(H,7,8,9). The Morgan fingerprint density at radius 2 is 2.50 bits per heavy atom. The Morgan fingerprint density at radius 1 is 1.70 bits per heavy atom. The first kappa shape index (κ1) is 7.30. The van der Waals surface area contributed by atoms with Gasteiger partial charge in [0.25, 0.3) is 0 Å². The van der Waals surface area contributed by atoms with E-state index in [0.29, 0.717) is 5.82 Å². The third-order valence-corrected chi connectivity index (χ3v) is 1.77. The normalized spacial score (nSPS) is 9.40. The first-order valence-electron chi connectivity index (χ1n) is 2.69. The highest BCUT2D eigenvalue weighted by Gasteiger charge is 1.97. The van der Waals surface area contributed by atoms with E-state index in [2.05, 4.69) is 15.4 Å². The SMILES string of the molecule is CSc1cncnc1NN. The van der Waals surface area contributed by atoms with Gasteiger partial charge < -0.3 is 5.43 Å². The van der Waals surface area contributed by atoms with Gasteiger partial charge in [0.1, 0.15) is 6.33 Å². The van der Waals surface area contributed by atoms with Gasteiger partial charge >= 0.3 is 0 Å². The Hall–Kier alpha value is -0.810. The van der Waals surface area contributed by atoms with Gasteiger partial charge in [-0.05, 0) is 6.26 Å². The van der Waals surface area contributed by atoms with E-state index in [9.17, 15) is 0 Å². The molecule has 3 N–H and O–H groups in total. The minimum absolute atomic E-state index is 0.669. The van der Waals surface area contributed by atoms with Crippen molar-refractivity contribution in [3.8, 4) is 0 Å². The van der Waals surface area contributed by atoms with E-state index in [1.165, 1.54) is 6.33 Å². The van der Waals surface area contributed by atoms with Gasteiger partial charge in [-0.2, -0.15) is 0 Å². The van der Waals surface area contributed by atoms with Crippen molar-refractivity contribution in [2.75, 3.05) is 11.7 Å². The van der Waals surface area contributed by atoms with Gasteiger partial charge in [-0.1, -0.05) is 0 Å². The van der Waals surface area contributed by atoms with Crippen molar-refractivity contribution in [2.45, 2.75) is 4.90 Å². The van der Waals surface area contributed by atoms with E-state index in [-0.39, 0.29) is 0 Å². The van der Waals surface area contributed by atoms with E-state index in [4.69, 9.17) is 5.84 Å². The summed E-state index contributed by atoms with van der Waals surface area (Å²) < 4.78 is 0. The lowest BCUT2D eigenvalue weighted by molar-refractivity contribution is 1.08. The molecule has 0 spiro atoms. The molecule has 1 rings (SSSR count). The molecule has 0 aliphatic carbocycles. The molecule has 0 saturated carbocycles. The van der Waals surface area contributed by atoms with Crippen LogP contribution in [0.5, 0.6) is 0 Å². The predicted molar refractivity (Wildman–Crippen MR) is 41.6 cm³/mol. The number of anilines is 1. The highest BCUT2D eigenvalue weighted by Crippen LogP contribution is 2.19. The molecule has 10 heavy (non-hydrogen) atoms. The van der Waals surface area contributed by atoms with Crippen molar-refractivity contribution in [1.29, 1.82) is 0 Å². The first-order valence-corrected chi connectivity index (χ1v) is 3.91. The molecule has 4 nitrogen and oxygen atoms in total. The zero-order chi connectivity index (χ0) is 7.40. The summed E-state index contributed by atoms with van der Waals surface area (Å²) in [6.07, 6.45) is 5.11. The lowest BCUT2D eigenvalue weighted by atomic mass is 10.6. The van der Waals surface area contributed by atoms with Crippen molar-refractivity contribution in [3.05, 3.63) is 12.5 Å². The smallest absolute Gasteiger partial charge is 0.157 e. The van der Waals surface area contributed by atoms with Crippen molar-refractivity contribution in [3.63, 3.8) is 0 Å². The van der Waals surface area contributed by atoms with Gasteiger partial charge in [-0.25, -0.2) is 15.8 Å². The van der Waals surface area contributed by atoms with Crippen molar-refractivity contribution < 1.29 is 0 Å². The van der Waals surface area contributed by atoms with Crippen molar-refractivity contribution >= 4 is 17.6 Å². The topological polar surface area (TPSA) is 63.8 Å². The number of thioether (sulfide) groups is 1. The van der Waals surface area contributed by atoms with Crippen LogP contribution in [0.4, 0.5) is 5.82 Å². The monoisotopic (exact) mass is 156 g/mol. The van der Waals surface area contributed by atoms with E-state index < -0.39 is 0 Å².